The minimum absolute atomic E-state index is 0. The first-order valence-corrected chi connectivity index (χ1v) is 26.4. The summed E-state index contributed by atoms with van der Waals surface area (Å²) in [5.41, 5.74) is 10.7. The van der Waals surface area contributed by atoms with Gasteiger partial charge in [-0.15, -0.1) is 41.0 Å². The van der Waals surface area contributed by atoms with Crippen molar-refractivity contribution in [2.75, 3.05) is 0 Å². The topological polar surface area (TPSA) is 587 Å². The van der Waals surface area contributed by atoms with Crippen LogP contribution in [0.2, 0.25) is 0 Å². The number of hydrogen-bond acceptors (Lipinski definition) is 28. The van der Waals surface area contributed by atoms with E-state index in [1.54, 1.807) is 37.2 Å². The van der Waals surface area contributed by atoms with Gasteiger partial charge in [-0.3, -0.25) is 19.9 Å². The van der Waals surface area contributed by atoms with Crippen LogP contribution >= 0.6 is 0 Å². The molecule has 0 saturated heterocycles. The van der Waals surface area contributed by atoms with Crippen LogP contribution < -0.4 is 74.5 Å². The molecule has 0 aliphatic carbocycles. The van der Waals surface area contributed by atoms with Crippen LogP contribution in [0.1, 0.15) is 0 Å². The molecule has 0 spiro atoms. The second kappa shape index (κ2) is 36.0. The van der Waals surface area contributed by atoms with Crippen LogP contribution in [0.4, 0.5) is 0 Å². The molecule has 0 unspecified atom stereocenters. The average molecular weight is 1410 g/mol. The van der Waals surface area contributed by atoms with E-state index in [9.17, 15) is 0 Å². The molecule has 440 valence electrons. The first-order valence-electron chi connectivity index (χ1n) is 21.4. The van der Waals surface area contributed by atoms with E-state index < -0.39 is 41.0 Å². The monoisotopic (exact) mass is 1410 g/mol. The number of halogens is 4. The standard InChI is InChI=1S/2C24H16N6.4ClHO4.2H2O.2Ru/c2*1-3-14-25-17(7-1)19-9-5-10-20(28-19)21-11-6-12-23(29-21)24-27-16-13-22(30-24)18-8-2-4-15-26-18;4*2-1(3,4)5;;;;/h2*1-16H;4*(H,2,3,4,5);2*1H2;;/q;;;;;;;;2*+2/p-4. The van der Waals surface area contributed by atoms with Crippen LogP contribution in [0.15, 0.2) is 195 Å². The Morgan fingerprint density at radius 3 is 0.583 bits per heavy atom. The normalized spacial score (nSPS) is 10.5. The van der Waals surface area contributed by atoms with Crippen molar-refractivity contribution in [3.05, 3.63) is 195 Å². The van der Waals surface area contributed by atoms with Gasteiger partial charge in [0.15, 0.2) is 11.6 Å². The van der Waals surface area contributed by atoms with Gasteiger partial charge in [-0.05, 0) is 109 Å². The van der Waals surface area contributed by atoms with E-state index in [4.69, 9.17) is 94.5 Å². The molecule has 0 aliphatic rings. The Morgan fingerprint density at radius 2 is 0.369 bits per heavy atom. The van der Waals surface area contributed by atoms with E-state index in [1.807, 2.05) is 158 Å². The molecule has 10 aromatic rings. The molecule has 0 saturated carbocycles. The van der Waals surface area contributed by atoms with Crippen molar-refractivity contribution >= 4 is 0 Å². The summed E-state index contributed by atoms with van der Waals surface area (Å²) in [7, 11) is -19.8. The molecule has 0 bridgehead atoms. The molecular weight excluding hydrogens is 1380 g/mol. The van der Waals surface area contributed by atoms with Crippen LogP contribution in [0.5, 0.6) is 0 Å². The number of nitrogens with zero attached hydrogens (tertiary/aromatic N) is 12. The summed E-state index contributed by atoms with van der Waals surface area (Å²) in [4.78, 5) is 54.6. The number of rotatable bonds is 8. The largest absolute Gasteiger partial charge is 2.00 e. The van der Waals surface area contributed by atoms with Gasteiger partial charge in [0.2, 0.25) is 0 Å². The van der Waals surface area contributed by atoms with E-state index in [0.717, 1.165) is 68.3 Å². The third-order valence-electron chi connectivity index (χ3n) is 9.00. The minimum Gasteiger partial charge on any atom is -0.412 e. The van der Waals surface area contributed by atoms with Crippen LogP contribution in [0.3, 0.4) is 0 Å². The van der Waals surface area contributed by atoms with Crippen molar-refractivity contribution in [3.63, 3.8) is 0 Å². The molecule has 0 radical (unpaired) electrons. The van der Waals surface area contributed by atoms with Gasteiger partial charge >= 0.3 is 39.0 Å². The molecule has 10 rings (SSSR count). The Morgan fingerprint density at radius 1 is 0.190 bits per heavy atom. The fraction of sp³-hybridized carbons (Fsp3) is 0. The second-order valence-electron chi connectivity index (χ2n) is 14.5. The van der Waals surface area contributed by atoms with Gasteiger partial charge in [-0.25, -0.2) is 114 Å². The molecule has 0 aromatic carbocycles. The molecule has 84 heavy (non-hydrogen) atoms. The van der Waals surface area contributed by atoms with Crippen molar-refractivity contribution in [2.24, 2.45) is 0 Å². The maximum Gasteiger partial charge on any atom is 2.00 e. The van der Waals surface area contributed by atoms with E-state index >= 15 is 0 Å². The number of aromatic nitrogens is 12. The number of hydrogen-bond donors (Lipinski definition) is 0. The molecule has 10 aromatic heterocycles. The third-order valence-corrected chi connectivity index (χ3v) is 9.00. The Kier molecular flexibility index (Phi) is 32.2. The predicted octanol–water partition coefficient (Wildman–Crippen LogP) is -11.2. The summed E-state index contributed by atoms with van der Waals surface area (Å²) >= 11 is 0. The van der Waals surface area contributed by atoms with Gasteiger partial charge < -0.3 is 11.0 Å². The SMILES string of the molecule is O.O.[O-][Cl+3]([O-])([O-])[O-].[O-][Cl+3]([O-])([O-])[O-].[O-][Cl+3]([O-])([O-])[O-].[O-][Cl+3]([O-])([O-])[O-].[Ru+2].[Ru+2].c1ccc(-c2cccc(-c3cccc(-c4nccc(-c5ccccn5)n4)n3)n2)nc1.c1ccc(-c2cccc(-c3cccc(-c4nccc(-c5ccccn5)n4)n3)n2)nc1. The Labute approximate surface area is 508 Å². The Balaban J connectivity index is 0.000000614. The molecule has 30 nitrogen and oxygen atoms in total. The average Bonchev–Trinajstić information content (AvgIpc) is 3.60. The minimum atomic E-state index is -4.94. The van der Waals surface area contributed by atoms with Crippen LogP contribution in [-0.4, -0.2) is 70.8 Å². The van der Waals surface area contributed by atoms with Crippen molar-refractivity contribution in [1.29, 1.82) is 0 Å². The molecule has 0 amide bonds. The maximum atomic E-state index is 8.49. The quantitative estimate of drug-likeness (QED) is 0.127. The van der Waals surface area contributed by atoms with Gasteiger partial charge in [-0.1, -0.05) is 48.5 Å². The molecule has 0 aliphatic heterocycles. The second-order valence-corrected chi connectivity index (χ2v) is 17.6. The third kappa shape index (κ3) is 30.0. The molecule has 0 fully saturated rings. The van der Waals surface area contributed by atoms with E-state index in [-0.39, 0.29) is 49.9 Å². The van der Waals surface area contributed by atoms with Crippen molar-refractivity contribution in [3.8, 4) is 91.4 Å². The number of pyridine rings is 8. The summed E-state index contributed by atoms with van der Waals surface area (Å²) < 4.78 is 136. The van der Waals surface area contributed by atoms with Crippen LogP contribution in [0, 0.1) is 41.0 Å². The first-order chi connectivity index (χ1) is 37.7. The van der Waals surface area contributed by atoms with Crippen molar-refractivity contribution < 1.29 is 165 Å². The summed E-state index contributed by atoms with van der Waals surface area (Å²) in [6.07, 6.45) is 10.5. The fourth-order valence-electron chi connectivity index (χ4n) is 6.15. The zero-order chi connectivity index (χ0) is 58.4. The predicted molar refractivity (Wildman–Crippen MR) is 237 cm³/mol. The van der Waals surface area contributed by atoms with Gasteiger partial charge in [-0.2, -0.15) is 0 Å². The molecular formula is C48H36Cl4N12O18Ru2. The zero-order valence-electron chi connectivity index (χ0n) is 41.6. The Hall–Kier alpha value is -6.95. The van der Waals surface area contributed by atoms with Crippen molar-refractivity contribution in [1.82, 2.24) is 59.8 Å². The zero-order valence-corrected chi connectivity index (χ0v) is 48.1. The van der Waals surface area contributed by atoms with E-state index in [1.165, 1.54) is 0 Å². The van der Waals surface area contributed by atoms with Gasteiger partial charge in [0.1, 0.15) is 11.4 Å². The van der Waals surface area contributed by atoms with Crippen molar-refractivity contribution in [2.45, 2.75) is 0 Å². The Bertz CT molecular complexity index is 3020. The fourth-order valence-corrected chi connectivity index (χ4v) is 6.15. The summed E-state index contributed by atoms with van der Waals surface area (Å²) in [6.45, 7) is 0. The van der Waals surface area contributed by atoms with Gasteiger partial charge in [0.05, 0.1) is 68.3 Å². The summed E-state index contributed by atoms with van der Waals surface area (Å²) in [5.74, 6) is 1.08. The smallest absolute Gasteiger partial charge is 0.412 e. The van der Waals surface area contributed by atoms with Crippen LogP contribution in [0.25, 0.3) is 91.4 Å². The first kappa shape index (κ1) is 75.1. The van der Waals surface area contributed by atoms with E-state index in [0.29, 0.717) is 23.0 Å². The van der Waals surface area contributed by atoms with Gasteiger partial charge in [0, 0.05) is 37.2 Å². The summed E-state index contributed by atoms with van der Waals surface area (Å²) in [6, 6.07) is 49.9. The van der Waals surface area contributed by atoms with Gasteiger partial charge in [0.25, 0.3) is 0 Å². The van der Waals surface area contributed by atoms with Crippen LogP contribution in [-0.2, 0) is 39.0 Å². The molecule has 36 heteroatoms. The molecule has 4 N–H and O–H groups in total. The maximum absolute atomic E-state index is 8.49. The molecule has 10 heterocycles. The summed E-state index contributed by atoms with van der Waals surface area (Å²) in [5, 5.41) is 0. The van der Waals surface area contributed by atoms with E-state index in [2.05, 4.69) is 39.9 Å². The molecule has 0 atom stereocenters.